The van der Waals surface area contributed by atoms with Gasteiger partial charge in [0.25, 0.3) is 0 Å². The van der Waals surface area contributed by atoms with Gasteiger partial charge in [-0.15, -0.1) is 5.73 Å². The van der Waals surface area contributed by atoms with Gasteiger partial charge in [0.1, 0.15) is 0 Å². The molecule has 0 bridgehead atoms. The van der Waals surface area contributed by atoms with Crippen LogP contribution in [0.3, 0.4) is 0 Å². The summed E-state index contributed by atoms with van der Waals surface area (Å²) in [4.78, 5) is 2.43. The van der Waals surface area contributed by atoms with Gasteiger partial charge in [-0.05, 0) is 24.0 Å². The van der Waals surface area contributed by atoms with E-state index in [1.807, 2.05) is 0 Å². The molecule has 0 aliphatic carbocycles. The van der Waals surface area contributed by atoms with Gasteiger partial charge in [-0.3, -0.25) is 0 Å². The molecule has 1 heterocycles. The average Bonchev–Trinajstić information content (AvgIpc) is 2.91. The van der Waals surface area contributed by atoms with Gasteiger partial charge >= 0.3 is 0 Å². The maximum Gasteiger partial charge on any atom is 0.0596 e. The summed E-state index contributed by atoms with van der Waals surface area (Å²) in [6.45, 7) is 5.99. The van der Waals surface area contributed by atoms with E-state index in [1.165, 1.54) is 23.2 Å². The molecule has 2 aromatic carbocycles. The fourth-order valence-electron chi connectivity index (χ4n) is 3.15. The second-order valence-corrected chi connectivity index (χ2v) is 5.64. The molecule has 1 aliphatic rings. The fraction of sp³-hybridized carbons (Fsp3) is 0.250. The third-order valence-electron chi connectivity index (χ3n) is 4.20. The summed E-state index contributed by atoms with van der Waals surface area (Å²) >= 11 is 0. The Morgan fingerprint density at radius 1 is 0.952 bits per heavy atom. The summed E-state index contributed by atoms with van der Waals surface area (Å²) in [5.41, 5.74) is 7.23. The summed E-state index contributed by atoms with van der Waals surface area (Å²) < 4.78 is 0. The zero-order chi connectivity index (χ0) is 14.5. The summed E-state index contributed by atoms with van der Waals surface area (Å²) in [7, 11) is 0. The first kappa shape index (κ1) is 13.7. The Kier molecular flexibility index (Phi) is 4.23. The SMILES string of the molecule is C=C=C1C(Cc2ccccc2)CCN1Cc1ccccc1. The molecule has 1 aliphatic heterocycles. The Balaban J connectivity index is 1.70. The normalized spacial score (nSPS) is 17.8. The van der Waals surface area contributed by atoms with E-state index in [2.05, 4.69) is 77.9 Å². The van der Waals surface area contributed by atoms with Crippen LogP contribution in [0.1, 0.15) is 17.5 Å². The van der Waals surface area contributed by atoms with E-state index in [0.717, 1.165) is 19.5 Å². The number of allylic oxidation sites excluding steroid dienone is 1. The molecule has 0 N–H and O–H groups in total. The minimum absolute atomic E-state index is 0.550. The Labute approximate surface area is 127 Å². The van der Waals surface area contributed by atoms with Crippen LogP contribution in [0, 0.1) is 5.92 Å². The van der Waals surface area contributed by atoms with Crippen molar-refractivity contribution in [3.63, 3.8) is 0 Å². The van der Waals surface area contributed by atoms with Crippen LogP contribution in [0.2, 0.25) is 0 Å². The van der Waals surface area contributed by atoms with Crippen LogP contribution < -0.4 is 0 Å². The van der Waals surface area contributed by atoms with Gasteiger partial charge in [0, 0.05) is 19.0 Å². The highest BCUT2D eigenvalue weighted by molar-refractivity contribution is 5.22. The van der Waals surface area contributed by atoms with Crippen molar-refractivity contribution in [1.82, 2.24) is 4.90 Å². The topological polar surface area (TPSA) is 3.24 Å². The molecule has 1 nitrogen and oxygen atoms in total. The van der Waals surface area contributed by atoms with Crippen LogP contribution >= 0.6 is 0 Å². The van der Waals surface area contributed by atoms with Crippen LogP contribution in [0.4, 0.5) is 0 Å². The van der Waals surface area contributed by atoms with Crippen molar-refractivity contribution in [2.75, 3.05) is 6.54 Å². The lowest BCUT2D eigenvalue weighted by Gasteiger charge is -2.21. The molecule has 0 saturated carbocycles. The van der Waals surface area contributed by atoms with Crippen LogP contribution in [-0.4, -0.2) is 11.4 Å². The molecule has 1 heteroatoms. The van der Waals surface area contributed by atoms with E-state index in [0.29, 0.717) is 5.92 Å². The van der Waals surface area contributed by atoms with E-state index in [4.69, 9.17) is 0 Å². The highest BCUT2D eigenvalue weighted by Gasteiger charge is 2.27. The monoisotopic (exact) mass is 275 g/mol. The number of hydrogen-bond donors (Lipinski definition) is 0. The first-order valence-electron chi connectivity index (χ1n) is 7.59. The molecule has 3 rings (SSSR count). The van der Waals surface area contributed by atoms with E-state index in [1.54, 1.807) is 0 Å². The Bertz CT molecular complexity index is 572. The van der Waals surface area contributed by atoms with Gasteiger partial charge in [-0.2, -0.15) is 0 Å². The van der Waals surface area contributed by atoms with E-state index < -0.39 is 0 Å². The molecule has 0 aromatic heterocycles. The number of benzene rings is 2. The quantitative estimate of drug-likeness (QED) is 0.747. The smallest absolute Gasteiger partial charge is 0.0596 e. The third-order valence-corrected chi connectivity index (χ3v) is 4.20. The maximum atomic E-state index is 3.92. The molecule has 2 aromatic rings. The van der Waals surface area contributed by atoms with Gasteiger partial charge in [0.2, 0.25) is 0 Å². The largest absolute Gasteiger partial charge is 0.364 e. The molecule has 1 fully saturated rings. The summed E-state index contributed by atoms with van der Waals surface area (Å²) in [5, 5.41) is 0. The van der Waals surface area contributed by atoms with Gasteiger partial charge < -0.3 is 4.90 Å². The van der Waals surface area contributed by atoms with Crippen molar-refractivity contribution >= 4 is 0 Å². The minimum atomic E-state index is 0.550. The molecule has 1 saturated heterocycles. The van der Waals surface area contributed by atoms with Crippen molar-refractivity contribution < 1.29 is 0 Å². The van der Waals surface area contributed by atoms with E-state index >= 15 is 0 Å². The Morgan fingerprint density at radius 2 is 1.57 bits per heavy atom. The third kappa shape index (κ3) is 3.26. The van der Waals surface area contributed by atoms with Crippen LogP contribution in [0.25, 0.3) is 0 Å². The summed E-state index contributed by atoms with van der Waals surface area (Å²) in [6.07, 6.45) is 2.28. The maximum absolute atomic E-state index is 3.92. The molecule has 0 amide bonds. The van der Waals surface area contributed by atoms with Gasteiger partial charge in [0.05, 0.1) is 5.70 Å². The standard InChI is InChI=1S/C20H21N/c1-2-20-19(15-17-9-5-3-6-10-17)13-14-21(20)16-18-11-7-4-8-12-18/h3-12,19H,1,13-16H2. The highest BCUT2D eigenvalue weighted by atomic mass is 15.2. The first-order chi connectivity index (χ1) is 10.4. The van der Waals surface area contributed by atoms with Crippen LogP contribution in [0.15, 0.2) is 78.7 Å². The molecular formula is C20H21N. The first-order valence-corrected chi connectivity index (χ1v) is 7.59. The second-order valence-electron chi connectivity index (χ2n) is 5.64. The summed E-state index contributed by atoms with van der Waals surface area (Å²) in [5.74, 6) is 0.550. The van der Waals surface area contributed by atoms with Gasteiger partial charge in [0.15, 0.2) is 0 Å². The zero-order valence-corrected chi connectivity index (χ0v) is 12.3. The van der Waals surface area contributed by atoms with E-state index in [9.17, 15) is 0 Å². The van der Waals surface area contributed by atoms with Gasteiger partial charge in [-0.1, -0.05) is 67.2 Å². The molecule has 21 heavy (non-hydrogen) atoms. The number of likely N-dealkylation sites (tertiary alicyclic amines) is 1. The Morgan fingerprint density at radius 3 is 2.19 bits per heavy atom. The number of rotatable bonds is 4. The number of hydrogen-bond acceptors (Lipinski definition) is 1. The van der Waals surface area contributed by atoms with Crippen molar-refractivity contribution in [2.45, 2.75) is 19.4 Å². The average molecular weight is 275 g/mol. The molecule has 0 spiro atoms. The van der Waals surface area contributed by atoms with Crippen molar-refractivity contribution in [2.24, 2.45) is 5.92 Å². The molecule has 0 radical (unpaired) electrons. The fourth-order valence-corrected chi connectivity index (χ4v) is 3.15. The lowest BCUT2D eigenvalue weighted by atomic mass is 9.96. The Hall–Kier alpha value is -2.24. The molecule has 1 atom stereocenters. The lowest BCUT2D eigenvalue weighted by Crippen LogP contribution is -2.18. The van der Waals surface area contributed by atoms with Crippen LogP contribution in [-0.2, 0) is 13.0 Å². The van der Waals surface area contributed by atoms with Crippen molar-refractivity contribution in [3.05, 3.63) is 89.8 Å². The summed E-state index contributed by atoms with van der Waals surface area (Å²) in [6, 6.07) is 21.4. The predicted molar refractivity (Wildman–Crippen MR) is 87.8 cm³/mol. The lowest BCUT2D eigenvalue weighted by molar-refractivity contribution is 0.382. The van der Waals surface area contributed by atoms with Gasteiger partial charge in [-0.25, -0.2) is 0 Å². The number of nitrogens with zero attached hydrogens (tertiary/aromatic N) is 1. The van der Waals surface area contributed by atoms with E-state index in [-0.39, 0.29) is 0 Å². The molecule has 106 valence electrons. The predicted octanol–water partition coefficient (Wildman–Crippen LogP) is 4.42. The zero-order valence-electron chi connectivity index (χ0n) is 12.3. The minimum Gasteiger partial charge on any atom is -0.364 e. The van der Waals surface area contributed by atoms with Crippen molar-refractivity contribution in [1.29, 1.82) is 0 Å². The molecule has 1 unspecified atom stereocenters. The molecular weight excluding hydrogens is 254 g/mol. The van der Waals surface area contributed by atoms with Crippen LogP contribution in [0.5, 0.6) is 0 Å². The van der Waals surface area contributed by atoms with Crippen molar-refractivity contribution in [3.8, 4) is 0 Å². The second kappa shape index (κ2) is 6.47. The highest BCUT2D eigenvalue weighted by Crippen LogP contribution is 2.31.